The van der Waals surface area contributed by atoms with E-state index in [1.165, 1.54) is 0 Å². The van der Waals surface area contributed by atoms with E-state index in [0.717, 1.165) is 40.6 Å². The first-order valence-electron chi connectivity index (χ1n) is 14.3. The van der Waals surface area contributed by atoms with Crippen LogP contribution in [0.15, 0.2) is 60.4 Å². The summed E-state index contributed by atoms with van der Waals surface area (Å²) < 4.78 is 8.25. The van der Waals surface area contributed by atoms with E-state index in [9.17, 15) is 19.5 Å². The summed E-state index contributed by atoms with van der Waals surface area (Å²) in [5.41, 5.74) is 4.38. The van der Waals surface area contributed by atoms with Gasteiger partial charge < -0.3 is 19.0 Å². The summed E-state index contributed by atoms with van der Waals surface area (Å²) in [6, 6.07) is 15.7. The van der Waals surface area contributed by atoms with E-state index in [-0.39, 0.29) is 17.4 Å². The quantitative estimate of drug-likeness (QED) is 0.178. The summed E-state index contributed by atoms with van der Waals surface area (Å²) in [7, 11) is -1.84. The zero-order chi connectivity index (χ0) is 29.5. The maximum atomic E-state index is 13.3. The molecule has 1 atom stereocenters. The molecular formula is C32H39N3O5Si. The van der Waals surface area contributed by atoms with Gasteiger partial charge in [0, 0.05) is 42.8 Å². The van der Waals surface area contributed by atoms with Gasteiger partial charge in [-0.05, 0) is 60.7 Å². The average molecular weight is 574 g/mol. The maximum Gasteiger partial charge on any atom is 0.303 e. The van der Waals surface area contributed by atoms with Crippen LogP contribution in [0.1, 0.15) is 57.1 Å². The van der Waals surface area contributed by atoms with Crippen molar-refractivity contribution in [1.82, 2.24) is 9.88 Å². The van der Waals surface area contributed by atoms with Crippen molar-refractivity contribution < 1.29 is 23.9 Å². The highest BCUT2D eigenvalue weighted by Gasteiger charge is 2.41. The van der Waals surface area contributed by atoms with E-state index < -0.39 is 26.1 Å². The Kier molecular flexibility index (Phi) is 7.69. The largest absolute Gasteiger partial charge is 0.481 e. The summed E-state index contributed by atoms with van der Waals surface area (Å²) >= 11 is 0. The summed E-state index contributed by atoms with van der Waals surface area (Å²) in [5, 5.41) is 13.0. The molecule has 0 bridgehead atoms. The first-order chi connectivity index (χ1) is 19.4. The molecule has 0 fully saturated rings. The molecule has 0 spiro atoms. The van der Waals surface area contributed by atoms with Gasteiger partial charge >= 0.3 is 5.97 Å². The van der Waals surface area contributed by atoms with Crippen LogP contribution in [0.25, 0.3) is 16.6 Å². The molecular weight excluding hydrogens is 534 g/mol. The number of aliphatic carboxylic acids is 1. The van der Waals surface area contributed by atoms with Gasteiger partial charge in [0.05, 0.1) is 5.52 Å². The molecule has 0 saturated carbocycles. The van der Waals surface area contributed by atoms with E-state index >= 15 is 0 Å². The number of carboxylic acid groups (broad SMARTS) is 1. The second-order valence-electron chi connectivity index (χ2n) is 12.5. The zero-order valence-electron chi connectivity index (χ0n) is 24.5. The number of carboxylic acids is 1. The predicted octanol–water partition coefficient (Wildman–Crippen LogP) is 5.89. The van der Waals surface area contributed by atoms with Crippen LogP contribution in [0.2, 0.25) is 18.1 Å². The standard InChI is InChI=1S/C32H39N3O5Si/c1-32(2,3)41(4,5)40-18-10-11-21-19-34(25-14-8-6-12-23(21)25)28-29(31(39)33-30(28)38)35-20-22(16-17-27(36)37)24-13-7-9-15-26(24)35/h6-9,12-15,19,22H,10-11,16-18,20H2,1-5H3,(H,36,37)(H,33,38,39). The third kappa shape index (κ3) is 5.48. The van der Waals surface area contributed by atoms with E-state index in [4.69, 9.17) is 4.43 Å². The number of rotatable bonds is 10. The number of para-hydroxylation sites is 2. The lowest BCUT2D eigenvalue weighted by atomic mass is 9.96. The van der Waals surface area contributed by atoms with Crippen molar-refractivity contribution in [3.63, 3.8) is 0 Å². The minimum atomic E-state index is -1.84. The van der Waals surface area contributed by atoms with Crippen molar-refractivity contribution in [3.8, 4) is 0 Å². The molecule has 2 amide bonds. The molecule has 8 nitrogen and oxygen atoms in total. The van der Waals surface area contributed by atoms with Crippen LogP contribution in [-0.2, 0) is 25.2 Å². The maximum absolute atomic E-state index is 13.3. The topological polar surface area (TPSA) is 101 Å². The molecule has 2 aromatic carbocycles. The Morgan fingerprint density at radius 2 is 1.73 bits per heavy atom. The van der Waals surface area contributed by atoms with E-state index in [1.54, 1.807) is 0 Å². The number of anilines is 1. The van der Waals surface area contributed by atoms with Crippen LogP contribution in [-0.4, -0.2) is 48.9 Å². The Hall–Kier alpha value is -3.69. The van der Waals surface area contributed by atoms with Gasteiger partial charge in [0.2, 0.25) is 0 Å². The Morgan fingerprint density at radius 1 is 1.05 bits per heavy atom. The van der Waals surface area contributed by atoms with Gasteiger partial charge in [0.15, 0.2) is 8.32 Å². The fourth-order valence-electron chi connectivity index (χ4n) is 5.60. The normalized spacial score (nSPS) is 17.5. The molecule has 3 heterocycles. The number of carbonyl (C=O) groups excluding carboxylic acids is 2. The Balaban J connectivity index is 1.50. The Bertz CT molecular complexity index is 1550. The number of imide groups is 1. The SMILES string of the molecule is CC(C)(C)[Si](C)(C)OCCCc1cn(C2=C(N3CC(CCC(=O)O)c4ccccc43)C(=O)NC2=O)c2ccccc12. The number of carbonyl (C=O) groups is 3. The van der Waals surface area contributed by atoms with Crippen LogP contribution in [0.4, 0.5) is 5.69 Å². The van der Waals surface area contributed by atoms with Crippen LogP contribution < -0.4 is 10.2 Å². The Labute approximate surface area is 242 Å². The van der Waals surface area contributed by atoms with Gasteiger partial charge in [-0.25, -0.2) is 0 Å². The molecule has 5 rings (SSSR count). The minimum absolute atomic E-state index is 0.0363. The van der Waals surface area contributed by atoms with Crippen molar-refractivity contribution in [2.24, 2.45) is 0 Å². The lowest BCUT2D eigenvalue weighted by molar-refractivity contribution is -0.137. The van der Waals surface area contributed by atoms with Crippen molar-refractivity contribution >= 4 is 48.4 Å². The molecule has 216 valence electrons. The number of nitrogens with zero attached hydrogens (tertiary/aromatic N) is 2. The number of amides is 2. The fraction of sp³-hybridized carbons (Fsp3) is 0.406. The molecule has 1 aromatic heterocycles. The molecule has 3 aromatic rings. The number of fused-ring (bicyclic) bond motifs is 2. The number of nitrogens with one attached hydrogen (secondary N) is 1. The second kappa shape index (κ2) is 10.9. The van der Waals surface area contributed by atoms with Gasteiger partial charge in [-0.1, -0.05) is 57.2 Å². The highest BCUT2D eigenvalue weighted by atomic mass is 28.4. The van der Waals surface area contributed by atoms with Gasteiger partial charge in [-0.3, -0.25) is 19.7 Å². The van der Waals surface area contributed by atoms with Crippen molar-refractivity contribution in [1.29, 1.82) is 0 Å². The molecule has 41 heavy (non-hydrogen) atoms. The molecule has 1 unspecified atom stereocenters. The van der Waals surface area contributed by atoms with Crippen molar-refractivity contribution in [2.75, 3.05) is 18.1 Å². The lowest BCUT2D eigenvalue weighted by Gasteiger charge is -2.36. The highest BCUT2D eigenvalue weighted by Crippen LogP contribution is 2.43. The predicted molar refractivity (Wildman–Crippen MR) is 163 cm³/mol. The first-order valence-corrected chi connectivity index (χ1v) is 17.2. The van der Waals surface area contributed by atoms with E-state index in [1.807, 2.05) is 58.1 Å². The Morgan fingerprint density at radius 3 is 2.46 bits per heavy atom. The second-order valence-corrected chi connectivity index (χ2v) is 17.3. The molecule has 0 aliphatic carbocycles. The number of aromatic nitrogens is 1. The smallest absolute Gasteiger partial charge is 0.303 e. The fourth-order valence-corrected chi connectivity index (χ4v) is 6.69. The molecule has 0 radical (unpaired) electrons. The molecule has 2 aliphatic heterocycles. The first kappa shape index (κ1) is 28.8. The number of hydrogen-bond donors (Lipinski definition) is 2. The molecule has 9 heteroatoms. The summed E-state index contributed by atoms with van der Waals surface area (Å²) in [5.74, 6) is -1.79. The lowest BCUT2D eigenvalue weighted by Crippen LogP contribution is -2.41. The zero-order valence-corrected chi connectivity index (χ0v) is 25.5. The van der Waals surface area contributed by atoms with Crippen LogP contribution in [0.3, 0.4) is 0 Å². The third-order valence-electron chi connectivity index (χ3n) is 8.82. The van der Waals surface area contributed by atoms with E-state index in [0.29, 0.717) is 31.0 Å². The average Bonchev–Trinajstić information content (AvgIpc) is 3.55. The molecule has 2 aliphatic rings. The number of hydrogen-bond acceptors (Lipinski definition) is 5. The van der Waals surface area contributed by atoms with Crippen LogP contribution >= 0.6 is 0 Å². The molecule has 0 saturated heterocycles. The van der Waals surface area contributed by atoms with Crippen LogP contribution in [0.5, 0.6) is 0 Å². The monoisotopic (exact) mass is 573 g/mol. The van der Waals surface area contributed by atoms with Gasteiger partial charge in [0.1, 0.15) is 11.4 Å². The minimum Gasteiger partial charge on any atom is -0.481 e. The van der Waals surface area contributed by atoms with Crippen LogP contribution in [0, 0.1) is 0 Å². The highest BCUT2D eigenvalue weighted by molar-refractivity contribution is 6.74. The van der Waals surface area contributed by atoms with E-state index in [2.05, 4.69) is 45.2 Å². The van der Waals surface area contributed by atoms with Gasteiger partial charge in [-0.2, -0.15) is 0 Å². The summed E-state index contributed by atoms with van der Waals surface area (Å²) in [6.07, 6.45) is 4.10. The number of aryl methyl sites for hydroxylation is 1. The van der Waals surface area contributed by atoms with Crippen molar-refractivity contribution in [3.05, 3.63) is 71.6 Å². The third-order valence-corrected chi connectivity index (χ3v) is 13.4. The number of benzene rings is 2. The van der Waals surface area contributed by atoms with Gasteiger partial charge in [0.25, 0.3) is 11.8 Å². The van der Waals surface area contributed by atoms with Crippen molar-refractivity contribution in [2.45, 2.75) is 70.5 Å². The summed E-state index contributed by atoms with van der Waals surface area (Å²) in [6.45, 7) is 12.3. The molecule has 2 N–H and O–H groups in total. The summed E-state index contributed by atoms with van der Waals surface area (Å²) in [4.78, 5) is 39.9. The van der Waals surface area contributed by atoms with Gasteiger partial charge in [-0.15, -0.1) is 0 Å².